The predicted octanol–water partition coefficient (Wildman–Crippen LogP) is 1.50. The quantitative estimate of drug-likeness (QED) is 0.821. The van der Waals surface area contributed by atoms with Crippen molar-refractivity contribution in [2.24, 2.45) is 0 Å². The third-order valence-electron chi connectivity index (χ3n) is 3.03. The van der Waals surface area contributed by atoms with Gasteiger partial charge in [-0.05, 0) is 12.8 Å². The number of nitrogens with zero attached hydrogens (tertiary/aromatic N) is 3. The molecule has 1 N–H and O–H groups in total. The molecule has 8 heteroatoms. The van der Waals surface area contributed by atoms with E-state index in [4.69, 9.17) is 0 Å². The molecule has 1 aromatic rings. The lowest BCUT2D eigenvalue weighted by atomic mass is 9.93. The Labute approximate surface area is 101 Å². The Kier molecular flexibility index (Phi) is 3.38. The van der Waals surface area contributed by atoms with E-state index < -0.39 is 29.8 Å². The molecule has 0 radical (unpaired) electrons. The summed E-state index contributed by atoms with van der Waals surface area (Å²) < 4.78 is 37.7. The Hall–Kier alpha value is -1.44. The Balaban J connectivity index is 2.17. The zero-order valence-electron chi connectivity index (χ0n) is 9.39. The first kappa shape index (κ1) is 13.0. The van der Waals surface area contributed by atoms with Gasteiger partial charge in [0, 0.05) is 0 Å². The number of hydrogen-bond donors (Lipinski definition) is 1. The molecule has 100 valence electrons. The SMILES string of the molecule is O=C(c1cn(C2CCCCC2O)nn1)C(F)(F)F. The van der Waals surface area contributed by atoms with Crippen LogP contribution in [0.1, 0.15) is 42.2 Å². The summed E-state index contributed by atoms with van der Waals surface area (Å²) in [7, 11) is 0. The second-order valence-electron chi connectivity index (χ2n) is 4.33. The lowest BCUT2D eigenvalue weighted by Crippen LogP contribution is -2.28. The Morgan fingerprint density at radius 1 is 1.39 bits per heavy atom. The highest BCUT2D eigenvalue weighted by Gasteiger charge is 2.41. The van der Waals surface area contributed by atoms with E-state index in [1.54, 1.807) is 0 Å². The van der Waals surface area contributed by atoms with Crippen molar-refractivity contribution in [2.45, 2.75) is 44.0 Å². The summed E-state index contributed by atoms with van der Waals surface area (Å²) in [5, 5.41) is 16.5. The van der Waals surface area contributed by atoms with E-state index >= 15 is 0 Å². The second-order valence-corrected chi connectivity index (χ2v) is 4.33. The molecule has 1 aliphatic rings. The number of carbonyl (C=O) groups is 1. The van der Waals surface area contributed by atoms with Crippen LogP contribution in [0, 0.1) is 0 Å². The van der Waals surface area contributed by atoms with Crippen LogP contribution in [0.4, 0.5) is 13.2 Å². The van der Waals surface area contributed by atoms with Crippen LogP contribution >= 0.6 is 0 Å². The third kappa shape index (κ3) is 2.53. The molecule has 18 heavy (non-hydrogen) atoms. The highest BCUT2D eigenvalue weighted by atomic mass is 19.4. The van der Waals surface area contributed by atoms with Crippen molar-refractivity contribution in [2.75, 3.05) is 0 Å². The molecular formula is C10H12F3N3O2. The number of hydrogen-bond acceptors (Lipinski definition) is 4. The van der Waals surface area contributed by atoms with Gasteiger partial charge in [0.15, 0.2) is 5.69 Å². The highest BCUT2D eigenvalue weighted by Crippen LogP contribution is 2.28. The van der Waals surface area contributed by atoms with E-state index in [1.165, 1.54) is 0 Å². The average Bonchev–Trinajstić information content (AvgIpc) is 2.76. The number of ketones is 1. The molecule has 0 bridgehead atoms. The molecule has 1 aliphatic carbocycles. The van der Waals surface area contributed by atoms with Gasteiger partial charge in [-0.2, -0.15) is 13.2 Å². The van der Waals surface area contributed by atoms with Gasteiger partial charge in [-0.25, -0.2) is 4.68 Å². The fourth-order valence-electron chi connectivity index (χ4n) is 2.09. The topological polar surface area (TPSA) is 68.0 Å². The number of halogens is 3. The van der Waals surface area contributed by atoms with Crippen LogP contribution in [0.5, 0.6) is 0 Å². The number of rotatable bonds is 2. The summed E-state index contributed by atoms with van der Waals surface area (Å²) in [6.07, 6.45) is -1.72. The van der Waals surface area contributed by atoms with Crippen molar-refractivity contribution < 1.29 is 23.1 Å². The number of Topliss-reactive ketones (excluding diaryl/α,β-unsaturated/α-hetero) is 1. The van der Waals surface area contributed by atoms with Gasteiger partial charge in [0.05, 0.1) is 18.3 Å². The van der Waals surface area contributed by atoms with Crippen LogP contribution in [0.25, 0.3) is 0 Å². The van der Waals surface area contributed by atoms with Crippen molar-refractivity contribution in [3.05, 3.63) is 11.9 Å². The first-order valence-corrected chi connectivity index (χ1v) is 5.61. The lowest BCUT2D eigenvalue weighted by molar-refractivity contribution is -0.0888. The molecule has 5 nitrogen and oxygen atoms in total. The zero-order chi connectivity index (χ0) is 13.3. The summed E-state index contributed by atoms with van der Waals surface area (Å²) in [5.41, 5.74) is -0.736. The van der Waals surface area contributed by atoms with Crippen molar-refractivity contribution in [3.63, 3.8) is 0 Å². The molecule has 0 saturated heterocycles. The van der Waals surface area contributed by atoms with Gasteiger partial charge in [0.2, 0.25) is 0 Å². The molecule has 0 aliphatic heterocycles. The van der Waals surface area contributed by atoms with Crippen molar-refractivity contribution in [3.8, 4) is 0 Å². The van der Waals surface area contributed by atoms with Crippen molar-refractivity contribution in [1.29, 1.82) is 0 Å². The molecule has 1 saturated carbocycles. The monoisotopic (exact) mass is 263 g/mol. The average molecular weight is 263 g/mol. The normalized spacial score (nSPS) is 25.1. The second kappa shape index (κ2) is 4.68. The summed E-state index contributed by atoms with van der Waals surface area (Å²) in [4.78, 5) is 10.9. The largest absolute Gasteiger partial charge is 0.456 e. The van der Waals surface area contributed by atoms with E-state index in [1.807, 2.05) is 0 Å². The molecule has 1 heterocycles. The van der Waals surface area contributed by atoms with Crippen LogP contribution in [0.3, 0.4) is 0 Å². The van der Waals surface area contributed by atoms with Crippen LogP contribution in [0.2, 0.25) is 0 Å². The van der Waals surface area contributed by atoms with Crippen molar-refractivity contribution in [1.82, 2.24) is 15.0 Å². The van der Waals surface area contributed by atoms with E-state index in [0.717, 1.165) is 23.7 Å². The van der Waals surface area contributed by atoms with E-state index in [9.17, 15) is 23.1 Å². The molecule has 2 unspecified atom stereocenters. The summed E-state index contributed by atoms with van der Waals surface area (Å²) in [6.45, 7) is 0. The van der Waals surface area contributed by atoms with Gasteiger partial charge in [0.1, 0.15) is 0 Å². The maximum atomic E-state index is 12.2. The fraction of sp³-hybridized carbons (Fsp3) is 0.700. The van der Waals surface area contributed by atoms with Gasteiger partial charge in [0.25, 0.3) is 5.78 Å². The maximum Gasteiger partial charge on any atom is 0.456 e. The molecule has 1 aromatic heterocycles. The van der Waals surface area contributed by atoms with Crippen LogP contribution in [-0.4, -0.2) is 38.2 Å². The minimum Gasteiger partial charge on any atom is -0.391 e. The Morgan fingerprint density at radius 3 is 2.67 bits per heavy atom. The minimum absolute atomic E-state index is 0.402. The number of aliphatic hydroxyl groups is 1. The lowest BCUT2D eigenvalue weighted by Gasteiger charge is -2.27. The molecule has 1 fully saturated rings. The summed E-state index contributed by atoms with van der Waals surface area (Å²) >= 11 is 0. The van der Waals surface area contributed by atoms with E-state index in [2.05, 4.69) is 10.3 Å². The van der Waals surface area contributed by atoms with Gasteiger partial charge in [-0.3, -0.25) is 4.79 Å². The van der Waals surface area contributed by atoms with E-state index in [-0.39, 0.29) is 0 Å². The number of carbonyl (C=O) groups excluding carboxylic acids is 1. The predicted molar refractivity (Wildman–Crippen MR) is 53.9 cm³/mol. The molecule has 2 rings (SSSR count). The molecule has 0 aromatic carbocycles. The summed E-state index contributed by atoms with van der Waals surface area (Å²) in [6, 6.07) is -0.402. The molecule has 2 atom stereocenters. The van der Waals surface area contributed by atoms with E-state index in [0.29, 0.717) is 12.8 Å². The number of aromatic nitrogens is 3. The van der Waals surface area contributed by atoms with Crippen molar-refractivity contribution >= 4 is 5.78 Å². The minimum atomic E-state index is -4.95. The van der Waals surface area contributed by atoms with Gasteiger partial charge < -0.3 is 5.11 Å². The third-order valence-corrected chi connectivity index (χ3v) is 3.03. The van der Waals surface area contributed by atoms with Crippen LogP contribution in [0.15, 0.2) is 6.20 Å². The van der Waals surface area contributed by atoms with Gasteiger partial charge >= 0.3 is 6.18 Å². The smallest absolute Gasteiger partial charge is 0.391 e. The molecule has 0 amide bonds. The number of alkyl halides is 3. The molecule has 0 spiro atoms. The van der Waals surface area contributed by atoms with Gasteiger partial charge in [-0.15, -0.1) is 5.10 Å². The number of aliphatic hydroxyl groups excluding tert-OH is 1. The maximum absolute atomic E-state index is 12.2. The summed E-state index contributed by atoms with van der Waals surface area (Å²) in [5.74, 6) is -2.01. The highest BCUT2D eigenvalue weighted by molar-refractivity contribution is 5.98. The first-order chi connectivity index (χ1) is 8.39. The van der Waals surface area contributed by atoms with Crippen LogP contribution < -0.4 is 0 Å². The van der Waals surface area contributed by atoms with Gasteiger partial charge in [-0.1, -0.05) is 18.1 Å². The zero-order valence-corrected chi connectivity index (χ0v) is 9.39. The Bertz CT molecular complexity index is 444. The fourth-order valence-corrected chi connectivity index (χ4v) is 2.09. The Morgan fingerprint density at radius 2 is 2.06 bits per heavy atom. The van der Waals surface area contributed by atoms with Crippen LogP contribution in [-0.2, 0) is 0 Å². The first-order valence-electron chi connectivity index (χ1n) is 5.61. The molecular weight excluding hydrogens is 251 g/mol. The standard InChI is InChI=1S/C10H12F3N3O2/c11-10(12,13)9(18)6-5-16(15-14-6)7-3-1-2-4-8(7)17/h5,7-8,17H,1-4H2.